The Morgan fingerprint density at radius 1 is 1.79 bits per heavy atom. The number of alkyl halides is 1. The summed E-state index contributed by atoms with van der Waals surface area (Å²) in [5.41, 5.74) is 1.00. The first-order chi connectivity index (χ1) is 6.50. The molecule has 1 atom stereocenters. The Labute approximate surface area is 88.5 Å². The van der Waals surface area contributed by atoms with Crippen LogP contribution in [0.5, 0.6) is 0 Å². The minimum absolute atomic E-state index is 0.0736. The molecule has 1 aromatic heterocycles. The second-order valence-corrected chi connectivity index (χ2v) is 3.99. The highest BCUT2D eigenvalue weighted by atomic mass is 35.5. The van der Waals surface area contributed by atoms with Crippen LogP contribution in [0.2, 0.25) is 0 Å². The number of hydrogen-bond donors (Lipinski definition) is 0. The van der Waals surface area contributed by atoms with Crippen molar-refractivity contribution in [2.75, 3.05) is 7.05 Å². The Balaban J connectivity index is 2.57. The van der Waals surface area contributed by atoms with Crippen molar-refractivity contribution in [1.29, 1.82) is 0 Å². The Morgan fingerprint density at radius 2 is 2.43 bits per heavy atom. The molecule has 0 N–H and O–H groups in total. The molecule has 0 aliphatic rings. The molecule has 0 saturated carbocycles. The molecule has 1 rings (SSSR count). The summed E-state index contributed by atoms with van der Waals surface area (Å²) in [7, 11) is 3.57. The fourth-order valence-electron chi connectivity index (χ4n) is 1.21. The maximum Gasteiger partial charge on any atom is 0.240 e. The van der Waals surface area contributed by atoms with Crippen molar-refractivity contribution in [3.05, 3.63) is 18.0 Å². The molecule has 78 valence electrons. The third-order valence-corrected chi connectivity index (χ3v) is 2.08. The zero-order valence-electron chi connectivity index (χ0n) is 8.57. The van der Waals surface area contributed by atoms with Gasteiger partial charge in [-0.25, -0.2) is 0 Å². The van der Waals surface area contributed by atoms with Gasteiger partial charge in [0, 0.05) is 32.4 Å². The predicted molar refractivity (Wildman–Crippen MR) is 55.0 cm³/mol. The molecule has 1 unspecified atom stereocenters. The van der Waals surface area contributed by atoms with Crippen LogP contribution in [0.3, 0.4) is 0 Å². The Morgan fingerprint density at radius 3 is 2.86 bits per heavy atom. The standard InChI is InChI=1S/C9H14ClN3O/c1-7(10)9(14)12(2)5-8-4-11-13(3)6-8/h4,6-7H,5H2,1-3H3. The summed E-state index contributed by atoms with van der Waals surface area (Å²) in [6.07, 6.45) is 3.62. The number of rotatable bonds is 3. The number of amides is 1. The van der Waals surface area contributed by atoms with Gasteiger partial charge < -0.3 is 4.90 Å². The van der Waals surface area contributed by atoms with Gasteiger partial charge in [0.1, 0.15) is 5.38 Å². The zero-order valence-corrected chi connectivity index (χ0v) is 9.32. The van der Waals surface area contributed by atoms with Gasteiger partial charge in [0.05, 0.1) is 6.20 Å². The van der Waals surface area contributed by atoms with E-state index in [9.17, 15) is 4.79 Å². The van der Waals surface area contributed by atoms with Crippen LogP contribution in [0.25, 0.3) is 0 Å². The van der Waals surface area contributed by atoms with Crippen molar-refractivity contribution >= 4 is 17.5 Å². The molecule has 0 bridgehead atoms. The Bertz CT molecular complexity index is 322. The van der Waals surface area contributed by atoms with Gasteiger partial charge in [0.15, 0.2) is 0 Å². The predicted octanol–water partition coefficient (Wildman–Crippen LogP) is 1.01. The summed E-state index contributed by atoms with van der Waals surface area (Å²) in [4.78, 5) is 13.0. The third-order valence-electron chi connectivity index (χ3n) is 1.89. The lowest BCUT2D eigenvalue weighted by Crippen LogP contribution is -2.31. The van der Waals surface area contributed by atoms with E-state index >= 15 is 0 Å². The summed E-state index contributed by atoms with van der Waals surface area (Å²) < 4.78 is 1.71. The molecule has 14 heavy (non-hydrogen) atoms. The zero-order chi connectivity index (χ0) is 10.7. The minimum Gasteiger partial charge on any atom is -0.340 e. The fourth-order valence-corrected chi connectivity index (χ4v) is 1.38. The lowest BCUT2D eigenvalue weighted by Gasteiger charge is -2.17. The van der Waals surface area contributed by atoms with Crippen LogP contribution < -0.4 is 0 Å². The van der Waals surface area contributed by atoms with Crippen LogP contribution in [0, 0.1) is 0 Å². The quantitative estimate of drug-likeness (QED) is 0.706. The van der Waals surface area contributed by atoms with E-state index in [1.54, 1.807) is 29.7 Å². The monoisotopic (exact) mass is 215 g/mol. The van der Waals surface area contributed by atoms with E-state index in [-0.39, 0.29) is 5.91 Å². The van der Waals surface area contributed by atoms with E-state index in [1.807, 2.05) is 13.2 Å². The molecule has 0 radical (unpaired) electrons. The molecule has 0 aliphatic heterocycles. The average Bonchev–Trinajstić information content (AvgIpc) is 2.49. The molecule has 1 amide bonds. The maximum atomic E-state index is 11.4. The van der Waals surface area contributed by atoms with Gasteiger partial charge in [-0.05, 0) is 6.92 Å². The van der Waals surface area contributed by atoms with E-state index in [2.05, 4.69) is 5.10 Å². The highest BCUT2D eigenvalue weighted by Gasteiger charge is 2.15. The molecule has 0 fully saturated rings. The molecule has 0 aliphatic carbocycles. The van der Waals surface area contributed by atoms with Crippen molar-refractivity contribution < 1.29 is 4.79 Å². The van der Waals surface area contributed by atoms with Crippen LogP contribution in [0.15, 0.2) is 12.4 Å². The van der Waals surface area contributed by atoms with Crippen LogP contribution in [-0.2, 0) is 18.4 Å². The second kappa shape index (κ2) is 4.46. The lowest BCUT2D eigenvalue weighted by atomic mass is 10.3. The van der Waals surface area contributed by atoms with Gasteiger partial charge in [0.2, 0.25) is 5.91 Å². The van der Waals surface area contributed by atoms with Crippen LogP contribution >= 0.6 is 11.6 Å². The fraction of sp³-hybridized carbons (Fsp3) is 0.556. The number of hydrogen-bond acceptors (Lipinski definition) is 2. The van der Waals surface area contributed by atoms with Crippen LogP contribution in [-0.4, -0.2) is 33.0 Å². The van der Waals surface area contributed by atoms with Crippen molar-refractivity contribution in [2.24, 2.45) is 7.05 Å². The molecular formula is C9H14ClN3O. The van der Waals surface area contributed by atoms with E-state index < -0.39 is 5.38 Å². The summed E-state index contributed by atoms with van der Waals surface area (Å²) in [6.45, 7) is 2.22. The van der Waals surface area contributed by atoms with Gasteiger partial charge in [-0.3, -0.25) is 9.48 Å². The first-order valence-electron chi connectivity index (χ1n) is 4.37. The molecule has 0 saturated heterocycles. The van der Waals surface area contributed by atoms with E-state index in [0.717, 1.165) is 5.56 Å². The van der Waals surface area contributed by atoms with Crippen molar-refractivity contribution in [1.82, 2.24) is 14.7 Å². The SMILES string of the molecule is CC(Cl)C(=O)N(C)Cc1cnn(C)c1. The maximum absolute atomic E-state index is 11.4. The number of carbonyl (C=O) groups is 1. The minimum atomic E-state index is -0.475. The molecule has 4 nitrogen and oxygen atoms in total. The highest BCUT2D eigenvalue weighted by molar-refractivity contribution is 6.30. The first-order valence-corrected chi connectivity index (χ1v) is 4.81. The average molecular weight is 216 g/mol. The molecule has 0 aromatic carbocycles. The summed E-state index contributed by atoms with van der Waals surface area (Å²) >= 11 is 5.68. The number of aromatic nitrogens is 2. The summed E-state index contributed by atoms with van der Waals surface area (Å²) in [5, 5.41) is 3.54. The van der Waals surface area contributed by atoms with Crippen LogP contribution in [0.4, 0.5) is 0 Å². The van der Waals surface area contributed by atoms with Gasteiger partial charge in [-0.15, -0.1) is 11.6 Å². The van der Waals surface area contributed by atoms with Crippen LogP contribution in [0.1, 0.15) is 12.5 Å². The third kappa shape index (κ3) is 2.73. The lowest BCUT2D eigenvalue weighted by molar-refractivity contribution is -0.129. The van der Waals surface area contributed by atoms with Crippen molar-refractivity contribution in [2.45, 2.75) is 18.8 Å². The van der Waals surface area contributed by atoms with Gasteiger partial charge >= 0.3 is 0 Å². The topological polar surface area (TPSA) is 38.1 Å². The Hall–Kier alpha value is -1.03. The van der Waals surface area contributed by atoms with Gasteiger partial charge in [-0.1, -0.05) is 0 Å². The normalized spacial score (nSPS) is 12.6. The number of carbonyl (C=O) groups excluding carboxylic acids is 1. The van der Waals surface area contributed by atoms with Crippen molar-refractivity contribution in [3.63, 3.8) is 0 Å². The molecule has 1 aromatic rings. The molecule has 1 heterocycles. The summed E-state index contributed by atoms with van der Waals surface area (Å²) in [5.74, 6) is -0.0736. The largest absolute Gasteiger partial charge is 0.340 e. The second-order valence-electron chi connectivity index (χ2n) is 3.33. The van der Waals surface area contributed by atoms with Gasteiger partial charge in [0.25, 0.3) is 0 Å². The number of halogens is 1. The van der Waals surface area contributed by atoms with E-state index in [4.69, 9.17) is 11.6 Å². The van der Waals surface area contributed by atoms with Crippen molar-refractivity contribution in [3.8, 4) is 0 Å². The summed E-state index contributed by atoms with van der Waals surface area (Å²) in [6, 6.07) is 0. The first kappa shape index (κ1) is 11.0. The Kier molecular flexibility index (Phi) is 3.52. The number of nitrogens with zero attached hydrogens (tertiary/aromatic N) is 3. The molecule has 5 heteroatoms. The van der Waals surface area contributed by atoms with Gasteiger partial charge in [-0.2, -0.15) is 5.10 Å². The highest BCUT2D eigenvalue weighted by Crippen LogP contribution is 2.05. The smallest absolute Gasteiger partial charge is 0.240 e. The molecule has 0 spiro atoms. The van der Waals surface area contributed by atoms with E-state index in [0.29, 0.717) is 6.54 Å². The molecular weight excluding hydrogens is 202 g/mol. The number of aryl methyl sites for hydroxylation is 1. The van der Waals surface area contributed by atoms with E-state index in [1.165, 1.54) is 0 Å².